The van der Waals surface area contributed by atoms with Crippen LogP contribution < -0.4 is 5.32 Å². The summed E-state index contributed by atoms with van der Waals surface area (Å²) < 4.78 is 1.59. The molecule has 1 atom stereocenters. The number of likely N-dealkylation sites (tertiary alicyclic amines) is 1. The second-order valence-corrected chi connectivity index (χ2v) is 7.03. The van der Waals surface area contributed by atoms with Gasteiger partial charge in [0.15, 0.2) is 0 Å². The lowest BCUT2D eigenvalue weighted by molar-refractivity contribution is 0.162. The second-order valence-electron chi connectivity index (χ2n) is 7.03. The maximum absolute atomic E-state index is 12.5. The first-order valence-corrected chi connectivity index (χ1v) is 9.11. The van der Waals surface area contributed by atoms with Crippen LogP contribution in [0.5, 0.6) is 0 Å². The topological polar surface area (TPSA) is 79.2 Å². The van der Waals surface area contributed by atoms with Crippen LogP contribution in [0.2, 0.25) is 0 Å². The third kappa shape index (κ3) is 4.37. The zero-order valence-corrected chi connectivity index (χ0v) is 15.7. The quantitative estimate of drug-likeness (QED) is 0.888. The van der Waals surface area contributed by atoms with Gasteiger partial charge in [-0.2, -0.15) is 0 Å². The molecule has 0 aliphatic carbocycles. The molecular formula is C18H27N7O. The van der Waals surface area contributed by atoms with Gasteiger partial charge in [0.2, 0.25) is 0 Å². The molecule has 0 saturated carbocycles. The number of anilines is 1. The van der Waals surface area contributed by atoms with Crippen LogP contribution in [-0.2, 0) is 0 Å². The van der Waals surface area contributed by atoms with Gasteiger partial charge in [-0.05, 0) is 67.9 Å². The molecule has 3 rings (SSSR count). The normalized spacial score (nSPS) is 17.9. The average molecular weight is 357 g/mol. The summed E-state index contributed by atoms with van der Waals surface area (Å²) in [4.78, 5) is 16.7. The van der Waals surface area contributed by atoms with Crippen LogP contribution in [0, 0.1) is 6.92 Å². The highest BCUT2D eigenvalue weighted by atomic mass is 16.2. The Hall–Kier alpha value is -2.48. The molecule has 8 heteroatoms. The summed E-state index contributed by atoms with van der Waals surface area (Å²) in [6.07, 6.45) is 6.33. The number of nitrogens with one attached hydrogen (secondary N) is 1. The number of piperidine rings is 1. The number of hydrogen-bond acceptors (Lipinski definition) is 5. The first kappa shape index (κ1) is 18.3. The van der Waals surface area contributed by atoms with Gasteiger partial charge < -0.3 is 15.1 Å². The Bertz CT molecular complexity index is 731. The molecule has 1 aliphatic rings. The first-order chi connectivity index (χ1) is 12.5. The molecular weight excluding hydrogens is 330 g/mol. The van der Waals surface area contributed by atoms with Gasteiger partial charge in [0, 0.05) is 25.3 Å². The standard InChI is InChI=1S/C18H27N7O/c1-14-7-8-15(12-17(14)25-13-19-21-22-25)20-18(26)24(3)11-9-16-6-4-5-10-23(16)2/h7-8,12-13,16H,4-6,9-11H2,1-3H3,(H,20,26). The highest BCUT2D eigenvalue weighted by Crippen LogP contribution is 2.20. The minimum atomic E-state index is -0.102. The summed E-state index contributed by atoms with van der Waals surface area (Å²) in [5, 5.41) is 14.2. The second kappa shape index (κ2) is 8.27. The van der Waals surface area contributed by atoms with Gasteiger partial charge in [0.25, 0.3) is 0 Å². The van der Waals surface area contributed by atoms with Crippen LogP contribution in [0.4, 0.5) is 10.5 Å². The molecule has 1 aliphatic heterocycles. The van der Waals surface area contributed by atoms with Crippen molar-refractivity contribution >= 4 is 11.7 Å². The number of carbonyl (C=O) groups is 1. The van der Waals surface area contributed by atoms with E-state index in [1.54, 1.807) is 15.9 Å². The monoisotopic (exact) mass is 357 g/mol. The molecule has 2 amide bonds. The predicted octanol–water partition coefficient (Wildman–Crippen LogP) is 2.31. The first-order valence-electron chi connectivity index (χ1n) is 9.11. The molecule has 2 heterocycles. The molecule has 0 spiro atoms. The summed E-state index contributed by atoms with van der Waals surface area (Å²) in [6, 6.07) is 6.19. The lowest BCUT2D eigenvalue weighted by Gasteiger charge is -2.33. The van der Waals surface area contributed by atoms with E-state index in [1.165, 1.54) is 19.3 Å². The molecule has 1 saturated heterocycles. The predicted molar refractivity (Wildman–Crippen MR) is 100 cm³/mol. The maximum Gasteiger partial charge on any atom is 0.321 e. The Morgan fingerprint density at radius 2 is 2.23 bits per heavy atom. The summed E-state index contributed by atoms with van der Waals surface area (Å²) in [5.74, 6) is 0. The van der Waals surface area contributed by atoms with E-state index in [1.807, 2.05) is 32.2 Å². The van der Waals surface area contributed by atoms with E-state index in [0.717, 1.165) is 36.4 Å². The molecule has 0 bridgehead atoms. The van der Waals surface area contributed by atoms with Crippen LogP contribution in [0.15, 0.2) is 24.5 Å². The van der Waals surface area contributed by atoms with Gasteiger partial charge in [-0.1, -0.05) is 12.5 Å². The van der Waals surface area contributed by atoms with Crippen molar-refractivity contribution in [3.8, 4) is 5.69 Å². The van der Waals surface area contributed by atoms with Crippen molar-refractivity contribution in [3.05, 3.63) is 30.1 Å². The third-order valence-electron chi connectivity index (χ3n) is 5.12. The SMILES string of the molecule is Cc1ccc(NC(=O)N(C)CCC2CCCCN2C)cc1-n1cnnn1. The molecule has 8 nitrogen and oxygen atoms in total. The third-order valence-corrected chi connectivity index (χ3v) is 5.12. The number of nitrogens with zero attached hydrogens (tertiary/aromatic N) is 6. The molecule has 1 unspecified atom stereocenters. The van der Waals surface area contributed by atoms with Crippen molar-refractivity contribution in [3.63, 3.8) is 0 Å². The van der Waals surface area contributed by atoms with Crippen LogP contribution in [0.25, 0.3) is 5.69 Å². The molecule has 1 aromatic heterocycles. The number of amides is 2. The fraction of sp³-hybridized carbons (Fsp3) is 0.556. The highest BCUT2D eigenvalue weighted by molar-refractivity contribution is 5.89. The molecule has 0 radical (unpaired) electrons. The molecule has 26 heavy (non-hydrogen) atoms. The number of aryl methyl sites for hydroxylation is 1. The van der Waals surface area contributed by atoms with Gasteiger partial charge in [0.05, 0.1) is 5.69 Å². The zero-order valence-electron chi connectivity index (χ0n) is 15.7. The number of hydrogen-bond donors (Lipinski definition) is 1. The molecule has 1 fully saturated rings. The number of carbonyl (C=O) groups excluding carboxylic acids is 1. The van der Waals surface area contributed by atoms with E-state index in [4.69, 9.17) is 0 Å². The van der Waals surface area contributed by atoms with E-state index in [2.05, 4.69) is 32.8 Å². The number of benzene rings is 1. The Balaban J connectivity index is 1.58. The molecule has 2 aromatic rings. The van der Waals surface area contributed by atoms with Gasteiger partial charge in [-0.3, -0.25) is 0 Å². The summed E-state index contributed by atoms with van der Waals surface area (Å²) in [7, 11) is 4.02. The number of rotatable bonds is 5. The number of aromatic nitrogens is 4. The Labute approximate surface area is 154 Å². The lowest BCUT2D eigenvalue weighted by atomic mass is 10.00. The van der Waals surface area contributed by atoms with Crippen molar-refractivity contribution in [2.75, 3.05) is 32.5 Å². The van der Waals surface area contributed by atoms with Gasteiger partial charge in [-0.25, -0.2) is 9.48 Å². The van der Waals surface area contributed by atoms with Crippen LogP contribution in [-0.4, -0.2) is 69.3 Å². The van der Waals surface area contributed by atoms with E-state index < -0.39 is 0 Å². The summed E-state index contributed by atoms with van der Waals surface area (Å²) in [5.41, 5.74) is 2.61. The lowest BCUT2D eigenvalue weighted by Crippen LogP contribution is -2.40. The van der Waals surface area contributed by atoms with Crippen LogP contribution in [0.3, 0.4) is 0 Å². The van der Waals surface area contributed by atoms with Crippen molar-refractivity contribution in [1.29, 1.82) is 0 Å². The smallest absolute Gasteiger partial charge is 0.321 e. The average Bonchev–Trinajstić information content (AvgIpc) is 3.16. The van der Waals surface area contributed by atoms with Crippen LogP contribution >= 0.6 is 0 Å². The summed E-state index contributed by atoms with van der Waals surface area (Å²) >= 11 is 0. The van der Waals surface area contributed by atoms with Crippen LogP contribution in [0.1, 0.15) is 31.2 Å². The Morgan fingerprint density at radius 1 is 1.38 bits per heavy atom. The maximum atomic E-state index is 12.5. The van der Waals surface area contributed by atoms with Crippen molar-refractivity contribution < 1.29 is 4.79 Å². The van der Waals surface area contributed by atoms with Crippen molar-refractivity contribution in [2.45, 2.75) is 38.6 Å². The highest BCUT2D eigenvalue weighted by Gasteiger charge is 2.20. The van der Waals surface area contributed by atoms with Gasteiger partial charge >= 0.3 is 6.03 Å². The molecule has 1 aromatic carbocycles. The van der Waals surface area contributed by atoms with Crippen molar-refractivity contribution in [2.24, 2.45) is 0 Å². The summed E-state index contributed by atoms with van der Waals surface area (Å²) in [6.45, 7) is 3.88. The largest absolute Gasteiger partial charge is 0.328 e. The number of urea groups is 1. The fourth-order valence-corrected chi connectivity index (χ4v) is 3.38. The van der Waals surface area contributed by atoms with E-state index in [9.17, 15) is 4.79 Å². The molecule has 1 N–H and O–H groups in total. The fourth-order valence-electron chi connectivity index (χ4n) is 3.38. The van der Waals surface area contributed by atoms with Gasteiger partial charge in [0.1, 0.15) is 6.33 Å². The minimum absolute atomic E-state index is 0.102. The Kier molecular flexibility index (Phi) is 5.82. The zero-order chi connectivity index (χ0) is 18.5. The van der Waals surface area contributed by atoms with E-state index in [0.29, 0.717) is 6.04 Å². The van der Waals surface area contributed by atoms with E-state index >= 15 is 0 Å². The number of tetrazole rings is 1. The van der Waals surface area contributed by atoms with Gasteiger partial charge in [-0.15, -0.1) is 5.10 Å². The van der Waals surface area contributed by atoms with Crippen molar-refractivity contribution in [1.82, 2.24) is 30.0 Å². The van der Waals surface area contributed by atoms with E-state index in [-0.39, 0.29) is 6.03 Å². The molecule has 140 valence electrons. The minimum Gasteiger partial charge on any atom is -0.328 e. The Morgan fingerprint density at radius 3 is 2.96 bits per heavy atom.